The fourth-order valence-electron chi connectivity index (χ4n) is 2.63. The summed E-state index contributed by atoms with van der Waals surface area (Å²) in [6.45, 7) is 2.75. The third kappa shape index (κ3) is 7.62. The van der Waals surface area contributed by atoms with E-state index < -0.39 is 0 Å². The van der Waals surface area contributed by atoms with E-state index in [9.17, 15) is 9.59 Å². The Bertz CT molecular complexity index is 796. The quantitative estimate of drug-likeness (QED) is 0.358. The molecule has 0 heterocycles. The van der Waals surface area contributed by atoms with Crippen LogP contribution in [-0.4, -0.2) is 18.4 Å². The predicted molar refractivity (Wildman–Crippen MR) is 115 cm³/mol. The summed E-state index contributed by atoms with van der Waals surface area (Å²) in [4.78, 5) is 25.0. The minimum absolute atomic E-state index is 0.233. The van der Waals surface area contributed by atoms with Crippen molar-refractivity contribution in [2.45, 2.75) is 32.6 Å². The Labute approximate surface area is 167 Å². The summed E-state index contributed by atoms with van der Waals surface area (Å²) in [6, 6.07) is 18.7. The highest BCUT2D eigenvalue weighted by Crippen LogP contribution is 2.04. The Morgan fingerprint density at radius 2 is 1.57 bits per heavy atom. The van der Waals surface area contributed by atoms with Gasteiger partial charge in [0.15, 0.2) is 0 Å². The molecule has 0 saturated heterocycles. The smallest absolute Gasteiger partial charge is 0.267 e. The first-order chi connectivity index (χ1) is 13.7. The lowest BCUT2D eigenvalue weighted by atomic mass is 10.2. The van der Waals surface area contributed by atoms with Gasteiger partial charge in [-0.25, -0.2) is 0 Å². The summed E-state index contributed by atoms with van der Waals surface area (Å²) in [5.41, 5.74) is 1.76. The second-order valence-corrected chi connectivity index (χ2v) is 6.49. The summed E-state index contributed by atoms with van der Waals surface area (Å²) in [5.74, 6) is -0.584. The van der Waals surface area contributed by atoms with Gasteiger partial charge in [0.25, 0.3) is 11.8 Å². The molecule has 2 amide bonds. The maximum absolute atomic E-state index is 12.6. The molecule has 0 unspecified atom stereocenters. The molecule has 2 aromatic rings. The van der Waals surface area contributed by atoms with E-state index in [0.717, 1.165) is 31.2 Å². The van der Waals surface area contributed by atoms with Crippen molar-refractivity contribution >= 4 is 17.9 Å². The van der Waals surface area contributed by atoms with Crippen LogP contribution in [0.2, 0.25) is 0 Å². The minimum Gasteiger partial charge on any atom is -0.351 e. The van der Waals surface area contributed by atoms with E-state index in [4.69, 9.17) is 0 Å². The number of allylic oxidation sites excluding steroid dienone is 2. The van der Waals surface area contributed by atoms with Gasteiger partial charge in [0, 0.05) is 12.1 Å². The zero-order chi connectivity index (χ0) is 20.0. The third-order valence-corrected chi connectivity index (χ3v) is 4.20. The molecule has 0 radical (unpaired) electrons. The van der Waals surface area contributed by atoms with Gasteiger partial charge in [-0.2, -0.15) is 0 Å². The molecular weight excluding hydrogens is 348 g/mol. The van der Waals surface area contributed by atoms with E-state index in [-0.39, 0.29) is 17.5 Å². The van der Waals surface area contributed by atoms with Crippen molar-refractivity contribution in [1.82, 2.24) is 10.6 Å². The number of hydrogen-bond donors (Lipinski definition) is 2. The van der Waals surface area contributed by atoms with Gasteiger partial charge in [-0.05, 0) is 30.2 Å². The van der Waals surface area contributed by atoms with E-state index in [2.05, 4.69) is 17.6 Å². The van der Waals surface area contributed by atoms with Crippen molar-refractivity contribution in [3.05, 3.63) is 89.6 Å². The number of amides is 2. The first-order valence-corrected chi connectivity index (χ1v) is 9.78. The molecule has 0 aliphatic rings. The molecule has 4 heteroatoms. The molecule has 0 aromatic heterocycles. The molecule has 0 atom stereocenters. The van der Waals surface area contributed by atoms with Crippen LogP contribution in [0.15, 0.2) is 78.5 Å². The van der Waals surface area contributed by atoms with Crippen LogP contribution in [0.3, 0.4) is 0 Å². The van der Waals surface area contributed by atoms with Gasteiger partial charge in [0.1, 0.15) is 5.70 Å². The largest absolute Gasteiger partial charge is 0.351 e. The van der Waals surface area contributed by atoms with Gasteiger partial charge in [0.2, 0.25) is 0 Å². The fraction of sp³-hybridized carbons (Fsp3) is 0.250. The van der Waals surface area contributed by atoms with Crippen molar-refractivity contribution in [1.29, 1.82) is 0 Å². The molecule has 0 spiro atoms. The van der Waals surface area contributed by atoms with Crippen LogP contribution in [-0.2, 0) is 4.79 Å². The van der Waals surface area contributed by atoms with Gasteiger partial charge in [-0.3, -0.25) is 9.59 Å². The maximum atomic E-state index is 12.6. The number of carbonyl (C=O) groups excluding carboxylic acids is 2. The predicted octanol–water partition coefficient (Wildman–Crippen LogP) is 4.71. The number of hydrogen-bond acceptors (Lipinski definition) is 2. The molecular formula is C24H28N2O2. The zero-order valence-electron chi connectivity index (χ0n) is 16.4. The van der Waals surface area contributed by atoms with Crippen LogP contribution in [0.4, 0.5) is 0 Å². The van der Waals surface area contributed by atoms with E-state index in [1.165, 1.54) is 0 Å². The fourth-order valence-corrected chi connectivity index (χ4v) is 2.63. The van der Waals surface area contributed by atoms with E-state index in [1.807, 2.05) is 42.5 Å². The second kappa shape index (κ2) is 12.3. The maximum Gasteiger partial charge on any atom is 0.267 e. The molecule has 0 saturated carbocycles. The highest BCUT2D eigenvalue weighted by Gasteiger charge is 2.13. The second-order valence-electron chi connectivity index (χ2n) is 6.49. The molecule has 2 N–H and O–H groups in total. The van der Waals surface area contributed by atoms with Crippen molar-refractivity contribution < 1.29 is 9.59 Å². The number of benzene rings is 2. The average molecular weight is 377 g/mol. The number of nitrogens with one attached hydrogen (secondary N) is 2. The van der Waals surface area contributed by atoms with Crippen LogP contribution in [0, 0.1) is 0 Å². The zero-order valence-corrected chi connectivity index (χ0v) is 16.4. The Hall–Kier alpha value is -3.14. The standard InChI is InChI=1S/C24H28N2O2/c1-2-3-4-11-19-25-24(28)22(18-12-15-20-13-7-5-8-14-20)26-23(27)21-16-9-6-10-17-21/h5-10,12-18H,2-4,11,19H2,1H3,(H,25,28)(H,26,27)/b15-12+,22-18-. The highest BCUT2D eigenvalue weighted by atomic mass is 16.2. The van der Waals surface area contributed by atoms with Crippen molar-refractivity contribution in [3.8, 4) is 0 Å². The first-order valence-electron chi connectivity index (χ1n) is 9.78. The van der Waals surface area contributed by atoms with Gasteiger partial charge in [0.05, 0.1) is 0 Å². The number of unbranched alkanes of at least 4 members (excludes halogenated alkanes) is 3. The van der Waals surface area contributed by atoms with Gasteiger partial charge < -0.3 is 10.6 Å². The summed E-state index contributed by atoms with van der Waals surface area (Å²) in [6.07, 6.45) is 9.62. The lowest BCUT2D eigenvalue weighted by Crippen LogP contribution is -2.35. The first kappa shape index (κ1) is 21.2. The Morgan fingerprint density at radius 1 is 0.893 bits per heavy atom. The lowest BCUT2D eigenvalue weighted by molar-refractivity contribution is -0.117. The van der Waals surface area contributed by atoms with Gasteiger partial charge >= 0.3 is 0 Å². The van der Waals surface area contributed by atoms with Crippen LogP contribution < -0.4 is 10.6 Å². The molecule has 146 valence electrons. The van der Waals surface area contributed by atoms with E-state index >= 15 is 0 Å². The van der Waals surface area contributed by atoms with Crippen LogP contribution in [0.5, 0.6) is 0 Å². The summed E-state index contributed by atoms with van der Waals surface area (Å²) in [7, 11) is 0. The molecule has 0 aliphatic carbocycles. The topological polar surface area (TPSA) is 58.2 Å². The molecule has 4 nitrogen and oxygen atoms in total. The van der Waals surface area contributed by atoms with Crippen LogP contribution in [0.1, 0.15) is 48.5 Å². The Kier molecular flexibility index (Phi) is 9.28. The molecule has 0 bridgehead atoms. The summed E-state index contributed by atoms with van der Waals surface area (Å²) < 4.78 is 0. The number of rotatable bonds is 10. The average Bonchev–Trinajstić information content (AvgIpc) is 2.74. The van der Waals surface area contributed by atoms with Crippen LogP contribution >= 0.6 is 0 Å². The molecule has 0 aliphatic heterocycles. The van der Waals surface area contributed by atoms with E-state index in [0.29, 0.717) is 12.1 Å². The summed E-state index contributed by atoms with van der Waals surface area (Å²) in [5, 5.41) is 5.62. The normalized spacial score (nSPS) is 11.4. The third-order valence-electron chi connectivity index (χ3n) is 4.20. The molecule has 0 fully saturated rings. The summed E-state index contributed by atoms with van der Waals surface area (Å²) >= 11 is 0. The monoisotopic (exact) mass is 376 g/mol. The highest BCUT2D eigenvalue weighted by molar-refractivity contribution is 6.03. The van der Waals surface area contributed by atoms with Crippen molar-refractivity contribution in [2.75, 3.05) is 6.54 Å². The molecule has 2 aromatic carbocycles. The molecule has 2 rings (SSSR count). The van der Waals surface area contributed by atoms with Crippen LogP contribution in [0.25, 0.3) is 6.08 Å². The van der Waals surface area contributed by atoms with Gasteiger partial charge in [-0.15, -0.1) is 0 Å². The van der Waals surface area contributed by atoms with Gasteiger partial charge in [-0.1, -0.05) is 86.9 Å². The van der Waals surface area contributed by atoms with Crippen molar-refractivity contribution in [2.24, 2.45) is 0 Å². The Morgan fingerprint density at radius 3 is 2.25 bits per heavy atom. The lowest BCUT2D eigenvalue weighted by Gasteiger charge is -2.10. The minimum atomic E-state index is -0.305. The SMILES string of the molecule is CCCCCCNC(=O)/C(=C/C=C/c1ccccc1)NC(=O)c1ccccc1. The Balaban J connectivity index is 2.05. The van der Waals surface area contributed by atoms with E-state index in [1.54, 1.807) is 36.4 Å². The number of carbonyl (C=O) groups is 2. The molecule has 28 heavy (non-hydrogen) atoms. The van der Waals surface area contributed by atoms with Crippen molar-refractivity contribution in [3.63, 3.8) is 0 Å².